The fourth-order valence-corrected chi connectivity index (χ4v) is 1.25. The molecule has 5 heteroatoms. The van der Waals surface area contributed by atoms with E-state index in [1.54, 1.807) is 0 Å². The van der Waals surface area contributed by atoms with Crippen LogP contribution in [0.25, 0.3) is 0 Å². The van der Waals surface area contributed by atoms with E-state index in [0.29, 0.717) is 12.0 Å². The van der Waals surface area contributed by atoms with E-state index in [1.165, 1.54) is 18.2 Å². The SMILES string of the molecule is CC.NCC(N)Cc1cc(C(=O)O)ccc1O. The van der Waals surface area contributed by atoms with Crippen LogP contribution in [0.4, 0.5) is 0 Å². The third-order valence-corrected chi connectivity index (χ3v) is 2.11. The number of phenols is 1. The lowest BCUT2D eigenvalue weighted by atomic mass is 10.0. The highest BCUT2D eigenvalue weighted by molar-refractivity contribution is 5.88. The highest BCUT2D eigenvalue weighted by atomic mass is 16.4. The average Bonchev–Trinajstić information content (AvgIpc) is 2.34. The Labute approximate surface area is 101 Å². The smallest absolute Gasteiger partial charge is 0.335 e. The van der Waals surface area contributed by atoms with Crippen molar-refractivity contribution < 1.29 is 15.0 Å². The summed E-state index contributed by atoms with van der Waals surface area (Å²) in [6.45, 7) is 4.29. The van der Waals surface area contributed by atoms with Gasteiger partial charge >= 0.3 is 5.97 Å². The average molecular weight is 240 g/mol. The number of carboxylic acid groups (broad SMARTS) is 1. The number of carboxylic acids is 1. The van der Waals surface area contributed by atoms with Gasteiger partial charge in [0.05, 0.1) is 5.56 Å². The van der Waals surface area contributed by atoms with Crippen molar-refractivity contribution in [3.05, 3.63) is 29.3 Å². The molecule has 1 atom stereocenters. The number of hydrogen-bond acceptors (Lipinski definition) is 4. The van der Waals surface area contributed by atoms with Crippen LogP contribution >= 0.6 is 0 Å². The normalized spacial score (nSPS) is 11.3. The van der Waals surface area contributed by atoms with Gasteiger partial charge in [-0.3, -0.25) is 0 Å². The molecule has 6 N–H and O–H groups in total. The molecule has 0 saturated heterocycles. The first-order valence-corrected chi connectivity index (χ1v) is 5.55. The third kappa shape index (κ3) is 4.84. The van der Waals surface area contributed by atoms with Crippen LogP contribution in [0.15, 0.2) is 18.2 Å². The quantitative estimate of drug-likeness (QED) is 0.626. The number of rotatable bonds is 4. The molecule has 0 aliphatic rings. The molecule has 0 bridgehead atoms. The van der Waals surface area contributed by atoms with Crippen molar-refractivity contribution >= 4 is 5.97 Å². The van der Waals surface area contributed by atoms with Crippen molar-refractivity contribution in [1.29, 1.82) is 0 Å². The van der Waals surface area contributed by atoms with Gasteiger partial charge in [-0.25, -0.2) is 4.79 Å². The fourth-order valence-electron chi connectivity index (χ4n) is 1.25. The number of aromatic hydroxyl groups is 1. The lowest BCUT2D eigenvalue weighted by Gasteiger charge is -2.10. The largest absolute Gasteiger partial charge is 0.508 e. The van der Waals surface area contributed by atoms with Gasteiger partial charge < -0.3 is 21.7 Å². The molecule has 0 saturated carbocycles. The Morgan fingerprint density at radius 1 is 1.41 bits per heavy atom. The molecule has 0 heterocycles. The Balaban J connectivity index is 0.00000121. The highest BCUT2D eigenvalue weighted by Crippen LogP contribution is 2.19. The molecule has 96 valence electrons. The molecule has 1 aromatic carbocycles. The van der Waals surface area contributed by atoms with Crippen molar-refractivity contribution in [3.63, 3.8) is 0 Å². The molecule has 1 aromatic rings. The first-order valence-electron chi connectivity index (χ1n) is 5.55. The van der Waals surface area contributed by atoms with Gasteiger partial charge in [-0.15, -0.1) is 0 Å². The Bertz CT molecular complexity index is 367. The van der Waals surface area contributed by atoms with Crippen molar-refractivity contribution in [3.8, 4) is 5.75 Å². The zero-order valence-corrected chi connectivity index (χ0v) is 10.2. The van der Waals surface area contributed by atoms with Crippen LogP contribution < -0.4 is 11.5 Å². The highest BCUT2D eigenvalue weighted by Gasteiger charge is 2.10. The molecule has 1 unspecified atom stereocenters. The minimum atomic E-state index is -1.03. The predicted octanol–water partition coefficient (Wildman–Crippen LogP) is 0.945. The molecule has 0 fully saturated rings. The van der Waals surface area contributed by atoms with Crippen LogP contribution in [-0.4, -0.2) is 28.8 Å². The molecule has 17 heavy (non-hydrogen) atoms. The van der Waals surface area contributed by atoms with E-state index >= 15 is 0 Å². The summed E-state index contributed by atoms with van der Waals surface area (Å²) in [5, 5.41) is 18.2. The summed E-state index contributed by atoms with van der Waals surface area (Å²) in [4.78, 5) is 10.7. The number of nitrogens with two attached hydrogens (primary N) is 2. The van der Waals surface area contributed by atoms with E-state index in [2.05, 4.69) is 0 Å². The molecule has 0 aromatic heterocycles. The van der Waals surface area contributed by atoms with E-state index in [0.717, 1.165) is 0 Å². The summed E-state index contributed by atoms with van der Waals surface area (Å²) < 4.78 is 0. The molecule has 0 radical (unpaired) electrons. The second-order valence-corrected chi connectivity index (χ2v) is 3.35. The molecular weight excluding hydrogens is 220 g/mol. The van der Waals surface area contributed by atoms with Crippen LogP contribution in [0.3, 0.4) is 0 Å². The number of benzene rings is 1. The first-order chi connectivity index (χ1) is 8.04. The maximum atomic E-state index is 10.7. The van der Waals surface area contributed by atoms with Crippen molar-refractivity contribution in [2.45, 2.75) is 26.3 Å². The zero-order valence-electron chi connectivity index (χ0n) is 10.2. The van der Waals surface area contributed by atoms with Gasteiger partial charge in [0, 0.05) is 12.6 Å². The Morgan fingerprint density at radius 2 is 2.00 bits per heavy atom. The molecule has 0 amide bonds. The van der Waals surface area contributed by atoms with E-state index < -0.39 is 5.97 Å². The Kier molecular flexibility index (Phi) is 6.93. The number of carbonyl (C=O) groups is 1. The molecule has 5 nitrogen and oxygen atoms in total. The van der Waals surface area contributed by atoms with Crippen LogP contribution in [0.1, 0.15) is 29.8 Å². The Morgan fingerprint density at radius 3 is 2.47 bits per heavy atom. The van der Waals surface area contributed by atoms with E-state index in [4.69, 9.17) is 16.6 Å². The summed E-state index contributed by atoms with van der Waals surface area (Å²) in [5.41, 5.74) is 11.6. The second kappa shape index (κ2) is 7.65. The monoisotopic (exact) mass is 240 g/mol. The van der Waals surface area contributed by atoms with E-state index in [9.17, 15) is 9.90 Å². The lowest BCUT2D eigenvalue weighted by molar-refractivity contribution is 0.0696. The number of phenolic OH excluding ortho intramolecular Hbond substituents is 1. The summed E-state index contributed by atoms with van der Waals surface area (Å²) in [7, 11) is 0. The first kappa shape index (κ1) is 15.4. The minimum absolute atomic E-state index is 0.0453. The van der Waals surface area contributed by atoms with Gasteiger partial charge in [0.1, 0.15) is 5.75 Å². The number of hydrogen-bond donors (Lipinski definition) is 4. The van der Waals surface area contributed by atoms with Gasteiger partial charge in [0.2, 0.25) is 0 Å². The van der Waals surface area contributed by atoms with Gasteiger partial charge in [-0.05, 0) is 30.2 Å². The van der Waals surface area contributed by atoms with Gasteiger partial charge in [-0.1, -0.05) is 13.8 Å². The molecular formula is C12H20N2O3. The van der Waals surface area contributed by atoms with Crippen LogP contribution in [0.2, 0.25) is 0 Å². The fraction of sp³-hybridized carbons (Fsp3) is 0.417. The van der Waals surface area contributed by atoms with E-state index in [-0.39, 0.29) is 23.9 Å². The van der Waals surface area contributed by atoms with Gasteiger partial charge in [0.15, 0.2) is 0 Å². The number of aromatic carboxylic acids is 1. The minimum Gasteiger partial charge on any atom is -0.508 e. The molecule has 1 rings (SSSR count). The topological polar surface area (TPSA) is 110 Å². The molecule has 0 aliphatic carbocycles. The van der Waals surface area contributed by atoms with Crippen LogP contribution in [0, 0.1) is 0 Å². The second-order valence-electron chi connectivity index (χ2n) is 3.35. The molecule has 0 aliphatic heterocycles. The van der Waals surface area contributed by atoms with Crippen LogP contribution in [0.5, 0.6) is 5.75 Å². The lowest BCUT2D eigenvalue weighted by Crippen LogP contribution is -2.31. The van der Waals surface area contributed by atoms with Gasteiger partial charge in [0.25, 0.3) is 0 Å². The summed E-state index contributed by atoms with van der Waals surface area (Å²) in [5.74, 6) is -0.985. The van der Waals surface area contributed by atoms with Crippen molar-refractivity contribution in [2.75, 3.05) is 6.54 Å². The van der Waals surface area contributed by atoms with Crippen molar-refractivity contribution in [2.24, 2.45) is 11.5 Å². The standard InChI is InChI=1S/C10H14N2O3.C2H6/c11-5-8(12)4-7-3-6(10(14)15)1-2-9(7)13;1-2/h1-3,8,13H,4-5,11-12H2,(H,14,15);1-2H3. The predicted molar refractivity (Wildman–Crippen MR) is 67.1 cm³/mol. The van der Waals surface area contributed by atoms with E-state index in [1.807, 2.05) is 13.8 Å². The summed E-state index contributed by atoms with van der Waals surface area (Å²) >= 11 is 0. The Hall–Kier alpha value is -1.59. The summed E-state index contributed by atoms with van der Waals surface area (Å²) in [6, 6.07) is 3.82. The third-order valence-electron chi connectivity index (χ3n) is 2.11. The zero-order chi connectivity index (χ0) is 13.4. The van der Waals surface area contributed by atoms with Gasteiger partial charge in [-0.2, -0.15) is 0 Å². The summed E-state index contributed by atoms with van der Waals surface area (Å²) in [6.07, 6.45) is 0.365. The maximum Gasteiger partial charge on any atom is 0.335 e. The van der Waals surface area contributed by atoms with Crippen molar-refractivity contribution in [1.82, 2.24) is 0 Å². The maximum absolute atomic E-state index is 10.7. The molecule has 0 spiro atoms. The van der Waals surface area contributed by atoms with Crippen LogP contribution in [-0.2, 0) is 6.42 Å².